The number of hydrogen-bond donors (Lipinski definition) is 0. The summed E-state index contributed by atoms with van der Waals surface area (Å²) in [5.74, 6) is 1.69. The number of fused-ring (bicyclic) bond motifs is 16. The second-order valence-corrected chi connectivity index (χ2v) is 15.8. The van der Waals surface area contributed by atoms with Crippen molar-refractivity contribution in [1.82, 2.24) is 15.0 Å². The van der Waals surface area contributed by atoms with E-state index < -0.39 is 5.41 Å². The molecular weight excluding hydrogens is 731 g/mol. The van der Waals surface area contributed by atoms with Crippen LogP contribution >= 0.6 is 0 Å². The Kier molecular flexibility index (Phi) is 6.90. The van der Waals surface area contributed by atoms with E-state index in [1.807, 2.05) is 6.07 Å². The molecule has 0 saturated heterocycles. The molecule has 0 bridgehead atoms. The predicted octanol–water partition coefficient (Wildman–Crippen LogP) is 14.0. The fourth-order valence-electron chi connectivity index (χ4n) is 10.1. The Morgan fingerprint density at radius 3 is 1.67 bits per heavy atom. The fourth-order valence-corrected chi connectivity index (χ4v) is 10.1. The third-order valence-electron chi connectivity index (χ3n) is 12.7. The number of nitrogens with zero attached hydrogens (tertiary/aromatic N) is 3. The van der Waals surface area contributed by atoms with Crippen LogP contribution in [0.15, 0.2) is 200 Å². The number of ether oxygens (including phenoxy) is 1. The van der Waals surface area contributed by atoms with Gasteiger partial charge < -0.3 is 4.74 Å². The molecular formula is C56H33N3O. The van der Waals surface area contributed by atoms with Gasteiger partial charge >= 0.3 is 0 Å². The summed E-state index contributed by atoms with van der Waals surface area (Å²) in [6, 6.07) is 71.1. The minimum absolute atomic E-state index is 0.673. The lowest BCUT2D eigenvalue weighted by atomic mass is 9.65. The minimum atomic E-state index is -0.673. The molecule has 278 valence electrons. The molecule has 0 unspecified atom stereocenters. The largest absolute Gasteiger partial charge is 0.456 e. The van der Waals surface area contributed by atoms with Crippen LogP contribution in [0.4, 0.5) is 0 Å². The summed E-state index contributed by atoms with van der Waals surface area (Å²) in [7, 11) is 0. The molecule has 0 saturated carbocycles. The highest BCUT2D eigenvalue weighted by Gasteiger charge is 2.51. The standard InChI is InChI=1S/C56H33N3O/c1-3-13-34(14-4-1)47-30-25-36-23-24-37-26-31-48(58-54(37)53(36)57-47)38-27-32-50-46(33-38)56(43-20-10-7-17-39(43)40-18-8-11-21-44(40)56)45-29-28-42-51(55(45)60-50)41-19-9-12-22-49(41)59-52(42)35-15-5-2-6-16-35/h1-33H. The molecule has 2 aliphatic rings. The first-order chi connectivity index (χ1) is 29.7. The molecule has 4 heteroatoms. The summed E-state index contributed by atoms with van der Waals surface area (Å²) < 4.78 is 7.32. The molecule has 4 nitrogen and oxygen atoms in total. The molecule has 11 aromatic rings. The predicted molar refractivity (Wildman–Crippen MR) is 244 cm³/mol. The number of rotatable bonds is 3. The highest BCUT2D eigenvalue weighted by Crippen LogP contribution is 2.63. The van der Waals surface area contributed by atoms with Gasteiger partial charge in [0.1, 0.15) is 11.5 Å². The zero-order valence-electron chi connectivity index (χ0n) is 32.3. The fraction of sp³-hybridized carbons (Fsp3) is 0.0179. The summed E-state index contributed by atoms with van der Waals surface area (Å²) in [5.41, 5.74) is 15.1. The Morgan fingerprint density at radius 1 is 0.383 bits per heavy atom. The quantitative estimate of drug-likeness (QED) is 0.168. The summed E-state index contributed by atoms with van der Waals surface area (Å²) in [6.45, 7) is 0. The van der Waals surface area contributed by atoms with Gasteiger partial charge in [0.2, 0.25) is 0 Å². The van der Waals surface area contributed by atoms with Crippen molar-refractivity contribution in [3.8, 4) is 56.4 Å². The van der Waals surface area contributed by atoms with Gasteiger partial charge in [-0.25, -0.2) is 15.0 Å². The van der Waals surface area contributed by atoms with Crippen molar-refractivity contribution in [3.63, 3.8) is 0 Å². The van der Waals surface area contributed by atoms with Gasteiger partial charge in [0.25, 0.3) is 0 Å². The van der Waals surface area contributed by atoms with Crippen LogP contribution < -0.4 is 4.74 Å². The minimum Gasteiger partial charge on any atom is -0.456 e. The molecule has 8 aromatic carbocycles. The van der Waals surface area contributed by atoms with Gasteiger partial charge in [-0.3, -0.25) is 0 Å². The molecule has 13 rings (SSSR count). The second kappa shape index (κ2) is 12.5. The molecule has 4 heterocycles. The zero-order valence-corrected chi connectivity index (χ0v) is 32.3. The Labute approximate surface area is 346 Å². The van der Waals surface area contributed by atoms with E-state index in [2.05, 4.69) is 194 Å². The van der Waals surface area contributed by atoms with E-state index in [-0.39, 0.29) is 0 Å². The van der Waals surface area contributed by atoms with Gasteiger partial charge in [0.05, 0.1) is 39.0 Å². The average molecular weight is 764 g/mol. The van der Waals surface area contributed by atoms with E-state index >= 15 is 0 Å². The van der Waals surface area contributed by atoms with Gasteiger partial charge in [0.15, 0.2) is 0 Å². The SMILES string of the molecule is c1ccc(-c2ccc3ccc4ccc(-c5ccc6c(c5)C5(c7ccccc7-c7ccccc75)c5ccc7c(-c8ccccc8)nc8ccccc8c7c5O6)nc4c3n2)cc1. The summed E-state index contributed by atoms with van der Waals surface area (Å²) in [5, 5.41) is 5.31. The number of hydrogen-bond acceptors (Lipinski definition) is 4. The van der Waals surface area contributed by atoms with Crippen LogP contribution in [0.1, 0.15) is 22.3 Å². The van der Waals surface area contributed by atoms with Crippen LogP contribution in [0.2, 0.25) is 0 Å². The third kappa shape index (κ3) is 4.59. The van der Waals surface area contributed by atoms with Crippen molar-refractivity contribution in [3.05, 3.63) is 222 Å². The Bertz CT molecular complexity index is 3530. The molecule has 1 spiro atoms. The summed E-state index contributed by atoms with van der Waals surface area (Å²) in [6.07, 6.45) is 0. The van der Waals surface area contributed by atoms with Crippen molar-refractivity contribution in [2.45, 2.75) is 5.41 Å². The summed E-state index contributed by atoms with van der Waals surface area (Å²) in [4.78, 5) is 15.9. The Hall–Kier alpha value is -7.95. The normalized spacial score (nSPS) is 13.3. The molecule has 0 N–H and O–H groups in total. The average Bonchev–Trinajstić information content (AvgIpc) is 3.61. The molecule has 0 fully saturated rings. The molecule has 1 aliphatic carbocycles. The first kappa shape index (κ1) is 33.1. The smallest absolute Gasteiger partial charge is 0.140 e. The Balaban J connectivity index is 1.09. The first-order valence-electron chi connectivity index (χ1n) is 20.4. The number of aromatic nitrogens is 3. The topological polar surface area (TPSA) is 47.9 Å². The van der Waals surface area contributed by atoms with E-state index in [9.17, 15) is 0 Å². The lowest BCUT2D eigenvalue weighted by Gasteiger charge is -2.40. The van der Waals surface area contributed by atoms with Crippen LogP contribution in [-0.4, -0.2) is 15.0 Å². The molecule has 0 atom stereocenters. The van der Waals surface area contributed by atoms with Crippen LogP contribution in [0.25, 0.3) is 88.4 Å². The van der Waals surface area contributed by atoms with Crippen LogP contribution in [-0.2, 0) is 5.41 Å². The number of pyridine rings is 3. The Morgan fingerprint density at radius 2 is 0.967 bits per heavy atom. The van der Waals surface area contributed by atoms with Gasteiger partial charge in [-0.05, 0) is 58.7 Å². The van der Waals surface area contributed by atoms with E-state index in [0.717, 1.165) is 99.9 Å². The maximum absolute atomic E-state index is 7.32. The molecule has 0 radical (unpaired) electrons. The lowest BCUT2D eigenvalue weighted by molar-refractivity contribution is 0.442. The van der Waals surface area contributed by atoms with Crippen molar-refractivity contribution in [2.75, 3.05) is 0 Å². The van der Waals surface area contributed by atoms with Crippen molar-refractivity contribution >= 4 is 43.5 Å². The van der Waals surface area contributed by atoms with E-state index in [4.69, 9.17) is 19.7 Å². The molecule has 0 amide bonds. The summed E-state index contributed by atoms with van der Waals surface area (Å²) >= 11 is 0. The van der Waals surface area contributed by atoms with Crippen molar-refractivity contribution in [1.29, 1.82) is 0 Å². The first-order valence-corrected chi connectivity index (χ1v) is 20.4. The maximum Gasteiger partial charge on any atom is 0.140 e. The maximum atomic E-state index is 7.32. The van der Waals surface area contributed by atoms with Gasteiger partial charge in [0, 0.05) is 54.7 Å². The highest BCUT2D eigenvalue weighted by molar-refractivity contribution is 6.15. The van der Waals surface area contributed by atoms with Crippen molar-refractivity contribution in [2.24, 2.45) is 0 Å². The highest BCUT2D eigenvalue weighted by atomic mass is 16.5. The molecule has 1 aliphatic heterocycles. The monoisotopic (exact) mass is 763 g/mol. The van der Waals surface area contributed by atoms with Crippen LogP contribution in [0.3, 0.4) is 0 Å². The molecule has 60 heavy (non-hydrogen) atoms. The van der Waals surface area contributed by atoms with E-state index in [1.54, 1.807) is 0 Å². The second-order valence-electron chi connectivity index (χ2n) is 15.8. The van der Waals surface area contributed by atoms with Gasteiger partial charge in [-0.2, -0.15) is 0 Å². The van der Waals surface area contributed by atoms with Crippen LogP contribution in [0, 0.1) is 0 Å². The van der Waals surface area contributed by atoms with E-state index in [0.29, 0.717) is 0 Å². The van der Waals surface area contributed by atoms with Gasteiger partial charge in [-0.1, -0.05) is 164 Å². The number of benzene rings is 8. The zero-order chi connectivity index (χ0) is 39.4. The van der Waals surface area contributed by atoms with Crippen LogP contribution in [0.5, 0.6) is 11.5 Å². The molecule has 3 aromatic heterocycles. The third-order valence-corrected chi connectivity index (χ3v) is 12.7. The number of para-hydroxylation sites is 1. The van der Waals surface area contributed by atoms with E-state index in [1.165, 1.54) is 22.3 Å². The van der Waals surface area contributed by atoms with Crippen molar-refractivity contribution < 1.29 is 4.74 Å². The lowest BCUT2D eigenvalue weighted by Crippen LogP contribution is -2.32. The van der Waals surface area contributed by atoms with Gasteiger partial charge in [-0.15, -0.1) is 0 Å².